The van der Waals surface area contributed by atoms with Crippen LogP contribution >= 0.6 is 24.0 Å². The van der Waals surface area contributed by atoms with Crippen LogP contribution < -0.4 is 18.9 Å². The largest absolute Gasteiger partial charge is 0.502 e. The van der Waals surface area contributed by atoms with Crippen LogP contribution in [0.5, 0.6) is 28.7 Å². The molecule has 2 aromatic rings. The maximum atomic E-state index is 12.9. The summed E-state index contributed by atoms with van der Waals surface area (Å²) in [6.07, 6.45) is 1.70. The Morgan fingerprint density at radius 1 is 1.17 bits per heavy atom. The van der Waals surface area contributed by atoms with E-state index in [0.717, 1.165) is 5.56 Å². The third kappa shape index (κ3) is 3.70. The van der Waals surface area contributed by atoms with Crippen molar-refractivity contribution in [1.29, 1.82) is 0 Å². The topological polar surface area (TPSA) is 77.5 Å². The van der Waals surface area contributed by atoms with Gasteiger partial charge in [-0.15, -0.1) is 0 Å². The highest BCUT2D eigenvalue weighted by atomic mass is 32.2. The number of rotatable bonds is 5. The van der Waals surface area contributed by atoms with Crippen molar-refractivity contribution in [3.8, 4) is 28.7 Å². The highest BCUT2D eigenvalue weighted by molar-refractivity contribution is 8.26. The second kappa shape index (κ2) is 7.84. The van der Waals surface area contributed by atoms with E-state index in [0.29, 0.717) is 32.8 Å². The van der Waals surface area contributed by atoms with Crippen LogP contribution in [-0.2, 0) is 11.3 Å². The van der Waals surface area contributed by atoms with Crippen molar-refractivity contribution in [3.63, 3.8) is 0 Å². The van der Waals surface area contributed by atoms with Gasteiger partial charge in [0, 0.05) is 0 Å². The van der Waals surface area contributed by atoms with E-state index < -0.39 is 0 Å². The van der Waals surface area contributed by atoms with E-state index in [2.05, 4.69) is 0 Å². The lowest BCUT2D eigenvalue weighted by Gasteiger charge is -2.14. The lowest BCUT2D eigenvalue weighted by atomic mass is 10.1. The van der Waals surface area contributed by atoms with Crippen LogP contribution in [0.4, 0.5) is 0 Å². The summed E-state index contributed by atoms with van der Waals surface area (Å²) in [5.74, 6) is 1.57. The second-order valence-electron chi connectivity index (χ2n) is 6.23. The molecule has 150 valence electrons. The van der Waals surface area contributed by atoms with Crippen LogP contribution in [0.25, 0.3) is 6.08 Å². The van der Waals surface area contributed by atoms with E-state index in [9.17, 15) is 9.90 Å². The maximum absolute atomic E-state index is 12.9. The Hall–Kier alpha value is -2.91. The molecule has 2 aliphatic heterocycles. The van der Waals surface area contributed by atoms with Gasteiger partial charge in [-0.2, -0.15) is 0 Å². The van der Waals surface area contributed by atoms with Crippen LogP contribution in [0.2, 0.25) is 0 Å². The fraction of sp³-hybridized carbons (Fsp3) is 0.200. The van der Waals surface area contributed by atoms with E-state index in [1.54, 1.807) is 18.2 Å². The minimum Gasteiger partial charge on any atom is -0.502 e. The van der Waals surface area contributed by atoms with E-state index in [4.69, 9.17) is 31.2 Å². The molecule has 0 radical (unpaired) electrons. The Labute approximate surface area is 176 Å². The first-order chi connectivity index (χ1) is 14.0. The Bertz CT molecular complexity index is 1010. The molecule has 1 N–H and O–H groups in total. The SMILES string of the molecule is COc1cc(/C=C2\SC(=S)N(Cc3ccc4c(c3)OCO4)C2=O)cc(OC)c1O. The smallest absolute Gasteiger partial charge is 0.266 e. The number of fused-ring (bicyclic) bond motifs is 1. The number of nitrogens with zero attached hydrogens (tertiary/aromatic N) is 1. The molecule has 2 aliphatic rings. The highest BCUT2D eigenvalue weighted by Crippen LogP contribution is 2.40. The molecule has 9 heteroatoms. The third-order valence-corrected chi connectivity index (χ3v) is 5.83. The molecule has 4 rings (SSSR count). The minimum atomic E-state index is -0.191. The van der Waals surface area contributed by atoms with Gasteiger partial charge in [-0.1, -0.05) is 30.0 Å². The minimum absolute atomic E-state index is 0.0949. The molecule has 2 aromatic carbocycles. The molecule has 0 spiro atoms. The van der Waals surface area contributed by atoms with Crippen molar-refractivity contribution >= 4 is 40.3 Å². The number of amides is 1. The second-order valence-corrected chi connectivity index (χ2v) is 7.91. The quantitative estimate of drug-likeness (QED) is 0.569. The lowest BCUT2D eigenvalue weighted by Crippen LogP contribution is -2.27. The van der Waals surface area contributed by atoms with E-state index in [1.165, 1.54) is 30.9 Å². The Balaban J connectivity index is 1.58. The number of carbonyl (C=O) groups is 1. The summed E-state index contributed by atoms with van der Waals surface area (Å²) in [6, 6.07) is 8.80. The number of thiocarbonyl (C=S) groups is 1. The van der Waals surface area contributed by atoms with Gasteiger partial charge in [0.15, 0.2) is 23.0 Å². The molecule has 1 fully saturated rings. The summed E-state index contributed by atoms with van der Waals surface area (Å²) >= 11 is 6.63. The molecule has 0 unspecified atom stereocenters. The monoisotopic (exact) mass is 431 g/mol. The number of aromatic hydroxyl groups is 1. The van der Waals surface area contributed by atoms with Crippen molar-refractivity contribution in [1.82, 2.24) is 4.90 Å². The number of phenolic OH excluding ortho intramolecular Hbond substituents is 1. The van der Waals surface area contributed by atoms with Gasteiger partial charge in [-0.25, -0.2) is 0 Å². The van der Waals surface area contributed by atoms with Crippen molar-refractivity contribution in [2.75, 3.05) is 21.0 Å². The van der Waals surface area contributed by atoms with Crippen molar-refractivity contribution in [2.45, 2.75) is 6.54 Å². The number of phenols is 1. The molecule has 0 bridgehead atoms. The van der Waals surface area contributed by atoms with Gasteiger partial charge in [0.1, 0.15) is 4.32 Å². The molecule has 7 nitrogen and oxygen atoms in total. The summed E-state index contributed by atoms with van der Waals surface area (Å²) in [4.78, 5) is 14.9. The highest BCUT2D eigenvalue weighted by Gasteiger charge is 2.32. The fourth-order valence-corrected chi connectivity index (χ4v) is 4.26. The Morgan fingerprint density at radius 2 is 1.86 bits per heavy atom. The average Bonchev–Trinajstić information content (AvgIpc) is 3.28. The summed E-state index contributed by atoms with van der Waals surface area (Å²) in [7, 11) is 2.90. The molecule has 0 saturated carbocycles. The van der Waals surface area contributed by atoms with Crippen molar-refractivity contribution in [2.24, 2.45) is 0 Å². The van der Waals surface area contributed by atoms with Crippen LogP contribution in [0.1, 0.15) is 11.1 Å². The normalized spacial score (nSPS) is 16.6. The first-order valence-electron chi connectivity index (χ1n) is 8.59. The van der Waals surface area contributed by atoms with Gasteiger partial charge in [0.2, 0.25) is 12.5 Å². The molecule has 2 heterocycles. The zero-order valence-electron chi connectivity index (χ0n) is 15.6. The fourth-order valence-electron chi connectivity index (χ4n) is 3.01. The van der Waals surface area contributed by atoms with E-state index in [1.807, 2.05) is 18.2 Å². The first-order valence-corrected chi connectivity index (χ1v) is 9.81. The number of thioether (sulfide) groups is 1. The maximum Gasteiger partial charge on any atom is 0.266 e. The third-order valence-electron chi connectivity index (χ3n) is 4.45. The molecule has 0 aromatic heterocycles. The van der Waals surface area contributed by atoms with Gasteiger partial charge >= 0.3 is 0 Å². The lowest BCUT2D eigenvalue weighted by molar-refractivity contribution is -0.122. The van der Waals surface area contributed by atoms with Gasteiger partial charge in [0.05, 0.1) is 25.7 Å². The van der Waals surface area contributed by atoms with Crippen molar-refractivity contribution in [3.05, 3.63) is 46.4 Å². The molecule has 1 saturated heterocycles. The zero-order valence-corrected chi connectivity index (χ0v) is 17.3. The molecular formula is C20H17NO6S2. The summed E-state index contributed by atoms with van der Waals surface area (Å²) in [6.45, 7) is 0.531. The zero-order chi connectivity index (χ0) is 20.5. The summed E-state index contributed by atoms with van der Waals surface area (Å²) in [5.41, 5.74) is 1.54. The van der Waals surface area contributed by atoms with E-state index in [-0.39, 0.29) is 29.9 Å². The number of methoxy groups -OCH3 is 2. The Kier molecular flexibility index (Phi) is 5.25. The number of hydrogen-bond acceptors (Lipinski definition) is 8. The van der Waals surface area contributed by atoms with Gasteiger partial charge in [0.25, 0.3) is 5.91 Å². The van der Waals surface area contributed by atoms with Gasteiger partial charge in [-0.05, 0) is 41.5 Å². The van der Waals surface area contributed by atoms with Crippen LogP contribution in [0.3, 0.4) is 0 Å². The predicted molar refractivity (Wildman–Crippen MR) is 112 cm³/mol. The summed E-state index contributed by atoms with van der Waals surface area (Å²) < 4.78 is 21.5. The van der Waals surface area contributed by atoms with Gasteiger partial charge in [-0.3, -0.25) is 9.69 Å². The van der Waals surface area contributed by atoms with Crippen LogP contribution in [-0.4, -0.2) is 41.2 Å². The van der Waals surface area contributed by atoms with Crippen LogP contribution in [0.15, 0.2) is 35.2 Å². The van der Waals surface area contributed by atoms with Crippen LogP contribution in [0, 0.1) is 0 Å². The van der Waals surface area contributed by atoms with Gasteiger partial charge < -0.3 is 24.1 Å². The van der Waals surface area contributed by atoms with Crippen molar-refractivity contribution < 1.29 is 28.8 Å². The summed E-state index contributed by atoms with van der Waals surface area (Å²) in [5, 5.41) is 10.1. The molecule has 0 aliphatic carbocycles. The number of hydrogen-bond donors (Lipinski definition) is 1. The molecular weight excluding hydrogens is 414 g/mol. The standard InChI is InChI=1S/C20H17NO6S2/c1-24-15-6-12(7-16(25-2)18(15)22)8-17-19(23)21(20(28)29-17)9-11-3-4-13-14(5-11)27-10-26-13/h3-8,22H,9-10H2,1-2H3/b17-8-. The molecule has 1 amide bonds. The van der Waals surface area contributed by atoms with E-state index >= 15 is 0 Å². The number of ether oxygens (including phenoxy) is 4. The number of carbonyl (C=O) groups excluding carboxylic acids is 1. The Morgan fingerprint density at radius 3 is 2.55 bits per heavy atom. The molecule has 29 heavy (non-hydrogen) atoms. The molecule has 0 atom stereocenters. The number of benzene rings is 2. The first kappa shape index (κ1) is 19.4. The predicted octanol–water partition coefficient (Wildman–Crippen LogP) is 3.54. The average molecular weight is 431 g/mol.